The van der Waals surface area contributed by atoms with E-state index in [9.17, 15) is 9.90 Å². The molecule has 188 valence electrons. The van der Waals surface area contributed by atoms with Gasteiger partial charge >= 0.3 is 5.97 Å². The van der Waals surface area contributed by atoms with Crippen LogP contribution in [0.15, 0.2) is 30.3 Å². The molecule has 0 radical (unpaired) electrons. The van der Waals surface area contributed by atoms with Crippen LogP contribution in [0, 0.1) is 0 Å². The van der Waals surface area contributed by atoms with Gasteiger partial charge in [0.1, 0.15) is 11.9 Å². The van der Waals surface area contributed by atoms with E-state index in [2.05, 4.69) is 0 Å². The van der Waals surface area contributed by atoms with E-state index in [1.165, 1.54) is 25.3 Å². The van der Waals surface area contributed by atoms with Gasteiger partial charge in [-0.3, -0.25) is 0 Å². The summed E-state index contributed by atoms with van der Waals surface area (Å²) in [5, 5.41) is 18.3. The van der Waals surface area contributed by atoms with Crippen LogP contribution in [0.5, 0.6) is 5.75 Å². The van der Waals surface area contributed by atoms with Crippen LogP contribution in [0.2, 0.25) is 0 Å². The molecule has 33 heavy (non-hydrogen) atoms. The fourth-order valence-electron chi connectivity index (χ4n) is 3.77. The Kier molecular flexibility index (Phi) is 17.3. The van der Waals surface area contributed by atoms with E-state index in [0.29, 0.717) is 0 Å². The molecule has 1 aromatic rings. The largest absolute Gasteiger partial charge is 0.508 e. The molecular formula is C27H44O6. The molecule has 0 aliphatic heterocycles. The number of hydrogen-bond acceptors (Lipinski definition) is 6. The summed E-state index contributed by atoms with van der Waals surface area (Å²) in [5.74, 6) is -0.126. The fourth-order valence-corrected chi connectivity index (χ4v) is 3.77. The minimum atomic E-state index is -0.325. The Labute approximate surface area is 199 Å². The highest BCUT2D eigenvalue weighted by Crippen LogP contribution is 2.18. The average Bonchev–Trinajstić information content (AvgIpc) is 2.82. The smallest absolute Gasteiger partial charge is 0.331 e. The SMILES string of the molecule is COC(CCCCCCCC[C@H](CCCCCCO)OC(=O)C=Cc1ccc(O)cc1)OC. The molecule has 1 rings (SSSR count). The molecule has 2 N–H and O–H groups in total. The highest BCUT2D eigenvalue weighted by molar-refractivity contribution is 5.87. The number of unbranched alkanes of at least 4 members (excludes halogenated alkanes) is 8. The van der Waals surface area contributed by atoms with Crippen LogP contribution in [0.3, 0.4) is 0 Å². The van der Waals surface area contributed by atoms with Gasteiger partial charge in [0.25, 0.3) is 0 Å². The fraction of sp³-hybridized carbons (Fsp3) is 0.667. The lowest BCUT2D eigenvalue weighted by molar-refractivity contribution is -0.143. The summed E-state index contributed by atoms with van der Waals surface area (Å²) < 4.78 is 16.2. The number of aromatic hydroxyl groups is 1. The zero-order chi connectivity index (χ0) is 24.2. The molecule has 0 unspecified atom stereocenters. The Morgan fingerprint density at radius 2 is 1.33 bits per heavy atom. The lowest BCUT2D eigenvalue weighted by atomic mass is 10.0. The van der Waals surface area contributed by atoms with Crippen LogP contribution in [0.4, 0.5) is 0 Å². The number of carbonyl (C=O) groups excluding carboxylic acids is 1. The first-order valence-electron chi connectivity index (χ1n) is 12.4. The highest BCUT2D eigenvalue weighted by atomic mass is 16.7. The molecule has 1 aromatic carbocycles. The van der Waals surface area contributed by atoms with Crippen LogP contribution in [0.25, 0.3) is 6.08 Å². The number of aliphatic hydroxyl groups is 1. The average molecular weight is 465 g/mol. The Bertz CT molecular complexity index is 624. The summed E-state index contributed by atoms with van der Waals surface area (Å²) in [7, 11) is 3.35. The van der Waals surface area contributed by atoms with Crippen molar-refractivity contribution in [2.75, 3.05) is 20.8 Å². The molecule has 0 fully saturated rings. The zero-order valence-corrected chi connectivity index (χ0v) is 20.5. The first-order chi connectivity index (χ1) is 16.1. The number of benzene rings is 1. The van der Waals surface area contributed by atoms with Gasteiger partial charge in [-0.05, 0) is 68.7 Å². The molecule has 6 nitrogen and oxygen atoms in total. The van der Waals surface area contributed by atoms with Gasteiger partial charge in [0.2, 0.25) is 0 Å². The van der Waals surface area contributed by atoms with Crippen molar-refractivity contribution in [3.63, 3.8) is 0 Å². The lowest BCUT2D eigenvalue weighted by Crippen LogP contribution is -2.17. The minimum Gasteiger partial charge on any atom is -0.508 e. The number of esters is 1. The molecule has 0 saturated carbocycles. The summed E-state index contributed by atoms with van der Waals surface area (Å²) in [6.07, 6.45) is 16.4. The second-order valence-electron chi connectivity index (χ2n) is 8.51. The van der Waals surface area contributed by atoms with Crippen LogP contribution >= 0.6 is 0 Å². The van der Waals surface area contributed by atoms with Crippen molar-refractivity contribution in [1.82, 2.24) is 0 Å². The standard InChI is InChI=1S/C27H44O6/c1-31-27(32-2)15-11-6-4-3-5-9-13-25(14-10-7-8-12-22-28)33-26(30)21-18-23-16-19-24(29)20-17-23/h16-21,25,27-29H,3-15,22H2,1-2H3/t25-/m1/s1. The molecule has 0 heterocycles. The first-order valence-corrected chi connectivity index (χ1v) is 12.4. The van der Waals surface area contributed by atoms with E-state index >= 15 is 0 Å². The third kappa shape index (κ3) is 15.6. The maximum atomic E-state index is 12.3. The van der Waals surface area contributed by atoms with Crippen molar-refractivity contribution in [2.45, 2.75) is 95.9 Å². The van der Waals surface area contributed by atoms with Crippen molar-refractivity contribution >= 4 is 12.0 Å². The topological polar surface area (TPSA) is 85.2 Å². The summed E-state index contributed by atoms with van der Waals surface area (Å²) in [4.78, 5) is 12.3. The lowest BCUT2D eigenvalue weighted by Gasteiger charge is -2.17. The molecule has 1 atom stereocenters. The van der Waals surface area contributed by atoms with E-state index in [1.807, 2.05) is 0 Å². The Morgan fingerprint density at radius 3 is 1.88 bits per heavy atom. The van der Waals surface area contributed by atoms with Crippen molar-refractivity contribution in [3.8, 4) is 5.75 Å². The van der Waals surface area contributed by atoms with Gasteiger partial charge in [0, 0.05) is 26.9 Å². The van der Waals surface area contributed by atoms with Gasteiger partial charge in [0.15, 0.2) is 6.29 Å². The second kappa shape index (κ2) is 19.6. The van der Waals surface area contributed by atoms with Gasteiger partial charge in [-0.25, -0.2) is 4.79 Å². The molecule has 0 saturated heterocycles. The van der Waals surface area contributed by atoms with Crippen LogP contribution in [-0.2, 0) is 19.0 Å². The third-order valence-electron chi connectivity index (χ3n) is 5.76. The molecule has 0 spiro atoms. The molecule has 0 aliphatic rings. The predicted molar refractivity (Wildman–Crippen MR) is 132 cm³/mol. The van der Waals surface area contributed by atoms with Gasteiger partial charge < -0.3 is 24.4 Å². The zero-order valence-electron chi connectivity index (χ0n) is 20.5. The quantitative estimate of drug-likeness (QED) is 0.107. The summed E-state index contributed by atoms with van der Waals surface area (Å²) in [5.41, 5.74) is 0.840. The van der Waals surface area contributed by atoms with Crippen molar-refractivity contribution in [3.05, 3.63) is 35.9 Å². The Balaban J connectivity index is 2.33. The number of carbonyl (C=O) groups is 1. The summed E-state index contributed by atoms with van der Waals surface area (Å²) in [6, 6.07) is 6.69. The molecule has 0 bridgehead atoms. The molecule has 0 aromatic heterocycles. The third-order valence-corrected chi connectivity index (χ3v) is 5.76. The number of methoxy groups -OCH3 is 2. The second-order valence-corrected chi connectivity index (χ2v) is 8.51. The van der Waals surface area contributed by atoms with Gasteiger partial charge in [-0.15, -0.1) is 0 Å². The van der Waals surface area contributed by atoms with Gasteiger partial charge in [0.05, 0.1) is 0 Å². The highest BCUT2D eigenvalue weighted by Gasteiger charge is 2.13. The minimum absolute atomic E-state index is 0.0692. The van der Waals surface area contributed by atoms with Gasteiger partial charge in [-0.1, -0.05) is 50.7 Å². The summed E-state index contributed by atoms with van der Waals surface area (Å²) in [6.45, 7) is 0.234. The Hall–Kier alpha value is -1.89. The monoisotopic (exact) mass is 464 g/mol. The van der Waals surface area contributed by atoms with Crippen LogP contribution in [0.1, 0.15) is 89.0 Å². The number of ether oxygens (including phenoxy) is 3. The number of rotatable bonds is 20. The first kappa shape index (κ1) is 29.1. The van der Waals surface area contributed by atoms with Crippen molar-refractivity contribution in [2.24, 2.45) is 0 Å². The van der Waals surface area contributed by atoms with Crippen molar-refractivity contribution in [1.29, 1.82) is 0 Å². The van der Waals surface area contributed by atoms with Crippen LogP contribution in [-0.4, -0.2) is 49.4 Å². The number of hydrogen-bond donors (Lipinski definition) is 2. The number of phenols is 1. The molecule has 0 amide bonds. The Morgan fingerprint density at radius 1 is 0.818 bits per heavy atom. The van der Waals surface area contributed by atoms with Crippen molar-refractivity contribution < 1.29 is 29.2 Å². The predicted octanol–water partition coefficient (Wildman–Crippen LogP) is 6.00. The number of aliphatic hydroxyl groups excluding tert-OH is 1. The normalized spacial score (nSPS) is 12.5. The summed E-state index contributed by atoms with van der Waals surface area (Å²) >= 11 is 0. The van der Waals surface area contributed by atoms with Crippen LogP contribution < -0.4 is 0 Å². The van der Waals surface area contributed by atoms with Gasteiger partial charge in [-0.2, -0.15) is 0 Å². The van der Waals surface area contributed by atoms with E-state index < -0.39 is 0 Å². The van der Waals surface area contributed by atoms with E-state index in [4.69, 9.17) is 19.3 Å². The molecule has 0 aliphatic carbocycles. The number of phenolic OH excluding ortho intramolecular Hbond substituents is 1. The maximum Gasteiger partial charge on any atom is 0.331 e. The van der Waals surface area contributed by atoms with E-state index in [-0.39, 0.29) is 30.7 Å². The molecule has 6 heteroatoms. The maximum absolute atomic E-state index is 12.3. The van der Waals surface area contributed by atoms with E-state index in [0.717, 1.165) is 69.8 Å². The molecular weight excluding hydrogens is 420 g/mol. The van der Waals surface area contributed by atoms with E-state index in [1.54, 1.807) is 44.6 Å².